The van der Waals surface area contributed by atoms with Crippen molar-refractivity contribution in [2.24, 2.45) is 0 Å². The first-order valence-corrected chi connectivity index (χ1v) is 16.6. The van der Waals surface area contributed by atoms with Crippen LogP contribution in [0.25, 0.3) is 100 Å². The van der Waals surface area contributed by atoms with Crippen LogP contribution in [0.1, 0.15) is 0 Å². The van der Waals surface area contributed by atoms with Gasteiger partial charge in [-0.05, 0) is 53.1 Å². The molecule has 0 bridgehead atoms. The number of para-hydroxylation sites is 2. The normalized spacial score (nSPS) is 11.6. The summed E-state index contributed by atoms with van der Waals surface area (Å²) >= 11 is 0. The Hall–Kier alpha value is -6.85. The summed E-state index contributed by atoms with van der Waals surface area (Å²) < 4.78 is 13.1. The lowest BCUT2D eigenvalue weighted by atomic mass is 9.95. The van der Waals surface area contributed by atoms with Crippen molar-refractivity contribution in [3.8, 4) is 56.4 Å². The first kappa shape index (κ1) is 28.2. The van der Waals surface area contributed by atoms with Gasteiger partial charge in [0, 0.05) is 38.2 Å². The molecular weight excluding hydrogens is 615 g/mol. The number of hydrogen-bond donors (Lipinski definition) is 0. The fraction of sp³-hybridized carbons (Fsp3) is 0. The maximum absolute atomic E-state index is 6.61. The van der Waals surface area contributed by atoms with Gasteiger partial charge in [-0.25, -0.2) is 15.0 Å². The summed E-state index contributed by atoms with van der Waals surface area (Å²) in [5.74, 6) is 1.79. The highest BCUT2D eigenvalue weighted by molar-refractivity contribution is 6.13. The first-order valence-electron chi connectivity index (χ1n) is 16.6. The highest BCUT2D eigenvalue weighted by Gasteiger charge is 2.19. The zero-order valence-corrected chi connectivity index (χ0v) is 26.7. The third-order valence-corrected chi connectivity index (χ3v) is 9.33. The van der Waals surface area contributed by atoms with Crippen molar-refractivity contribution in [2.75, 3.05) is 0 Å². The van der Waals surface area contributed by atoms with Gasteiger partial charge in [0.2, 0.25) is 0 Å². The van der Waals surface area contributed by atoms with Crippen LogP contribution < -0.4 is 0 Å². The summed E-state index contributed by atoms with van der Waals surface area (Å²) in [5.41, 5.74) is 10.3. The molecule has 0 unspecified atom stereocenters. The lowest BCUT2D eigenvalue weighted by Gasteiger charge is -2.09. The lowest BCUT2D eigenvalue weighted by molar-refractivity contribution is 0.669. The molecule has 0 saturated carbocycles. The standard InChI is InChI=1S/C45H27N3O2/c1-4-13-28(14-5-1)36-26-32(27-38-33-19-10-11-22-39(33)49-42(36)38)31-23-24-40-37(25-31)34-20-12-21-35(41(34)50-40)45-47-43(29-15-6-2-7-16-29)46-44(48-45)30-17-8-3-9-18-30/h1-27H. The Bertz CT molecular complexity index is 2800. The fourth-order valence-corrected chi connectivity index (χ4v) is 6.91. The average molecular weight is 642 g/mol. The summed E-state index contributed by atoms with van der Waals surface area (Å²) in [4.78, 5) is 14.8. The van der Waals surface area contributed by atoms with E-state index in [4.69, 9.17) is 23.8 Å². The van der Waals surface area contributed by atoms with Crippen LogP contribution in [0.3, 0.4) is 0 Å². The molecule has 0 N–H and O–H groups in total. The number of fused-ring (bicyclic) bond motifs is 6. The predicted octanol–water partition coefficient (Wildman–Crippen LogP) is 12.0. The van der Waals surface area contributed by atoms with E-state index in [2.05, 4.69) is 72.8 Å². The smallest absolute Gasteiger partial charge is 0.167 e. The molecule has 5 nitrogen and oxygen atoms in total. The van der Waals surface area contributed by atoms with E-state index < -0.39 is 0 Å². The molecule has 0 fully saturated rings. The van der Waals surface area contributed by atoms with Crippen molar-refractivity contribution in [2.45, 2.75) is 0 Å². The van der Waals surface area contributed by atoms with Crippen LogP contribution in [-0.2, 0) is 0 Å². The topological polar surface area (TPSA) is 65.0 Å². The summed E-state index contributed by atoms with van der Waals surface area (Å²) in [7, 11) is 0. The molecule has 0 spiro atoms. The van der Waals surface area contributed by atoms with Gasteiger partial charge >= 0.3 is 0 Å². The maximum atomic E-state index is 6.61. The molecule has 3 aromatic heterocycles. The van der Waals surface area contributed by atoms with Gasteiger partial charge in [-0.15, -0.1) is 0 Å². The predicted molar refractivity (Wildman–Crippen MR) is 202 cm³/mol. The second-order valence-corrected chi connectivity index (χ2v) is 12.4. The Morgan fingerprint density at radius 2 is 0.840 bits per heavy atom. The van der Waals surface area contributed by atoms with Crippen LogP contribution in [0, 0.1) is 0 Å². The van der Waals surface area contributed by atoms with Crippen LogP contribution in [0.2, 0.25) is 0 Å². The van der Waals surface area contributed by atoms with Crippen molar-refractivity contribution in [3.63, 3.8) is 0 Å². The zero-order valence-electron chi connectivity index (χ0n) is 26.7. The highest BCUT2D eigenvalue weighted by atomic mass is 16.3. The number of benzene rings is 7. The summed E-state index contributed by atoms with van der Waals surface area (Å²) in [6, 6.07) is 55.8. The third-order valence-electron chi connectivity index (χ3n) is 9.33. The van der Waals surface area contributed by atoms with E-state index in [1.165, 1.54) is 0 Å². The van der Waals surface area contributed by atoms with Crippen molar-refractivity contribution < 1.29 is 8.83 Å². The summed E-state index contributed by atoms with van der Waals surface area (Å²) in [5, 5.41) is 4.22. The zero-order chi connectivity index (χ0) is 33.0. The van der Waals surface area contributed by atoms with E-state index in [0.717, 1.165) is 82.8 Å². The molecule has 0 aliphatic heterocycles. The summed E-state index contributed by atoms with van der Waals surface area (Å²) in [6.45, 7) is 0. The average Bonchev–Trinajstić information content (AvgIpc) is 3.76. The van der Waals surface area contributed by atoms with E-state index in [1.54, 1.807) is 0 Å². The molecule has 0 aliphatic carbocycles. The van der Waals surface area contributed by atoms with E-state index in [1.807, 2.05) is 91.0 Å². The molecule has 0 amide bonds. The van der Waals surface area contributed by atoms with Crippen LogP contribution >= 0.6 is 0 Å². The second kappa shape index (κ2) is 11.4. The van der Waals surface area contributed by atoms with Crippen molar-refractivity contribution in [3.05, 3.63) is 164 Å². The lowest BCUT2D eigenvalue weighted by Crippen LogP contribution is -2.00. The van der Waals surface area contributed by atoms with E-state index in [9.17, 15) is 0 Å². The number of hydrogen-bond acceptors (Lipinski definition) is 5. The Labute approximate surface area is 287 Å². The highest BCUT2D eigenvalue weighted by Crippen LogP contribution is 2.42. The molecule has 234 valence electrons. The molecule has 50 heavy (non-hydrogen) atoms. The fourth-order valence-electron chi connectivity index (χ4n) is 6.91. The minimum absolute atomic E-state index is 0.562. The van der Waals surface area contributed by atoms with Gasteiger partial charge in [0.1, 0.15) is 22.3 Å². The second-order valence-electron chi connectivity index (χ2n) is 12.4. The quantitative estimate of drug-likeness (QED) is 0.187. The minimum Gasteiger partial charge on any atom is -0.455 e. The van der Waals surface area contributed by atoms with Gasteiger partial charge in [0.15, 0.2) is 17.5 Å². The number of nitrogens with zero attached hydrogens (tertiary/aromatic N) is 3. The van der Waals surface area contributed by atoms with Crippen LogP contribution in [0.5, 0.6) is 0 Å². The molecule has 10 aromatic rings. The van der Waals surface area contributed by atoms with Crippen molar-refractivity contribution in [1.82, 2.24) is 15.0 Å². The van der Waals surface area contributed by atoms with Crippen molar-refractivity contribution in [1.29, 1.82) is 0 Å². The van der Waals surface area contributed by atoms with Crippen LogP contribution in [-0.4, -0.2) is 15.0 Å². The van der Waals surface area contributed by atoms with Gasteiger partial charge in [0.25, 0.3) is 0 Å². The summed E-state index contributed by atoms with van der Waals surface area (Å²) in [6.07, 6.45) is 0. The number of furan rings is 2. The SMILES string of the molecule is c1ccc(-c2nc(-c3ccccc3)nc(-c3cccc4c3oc3ccc(-c5cc(-c6ccccc6)c6oc7ccccc7c6c5)cc34)n2)cc1. The van der Waals surface area contributed by atoms with Gasteiger partial charge in [0.05, 0.1) is 5.56 Å². The van der Waals surface area contributed by atoms with E-state index >= 15 is 0 Å². The molecule has 0 radical (unpaired) electrons. The molecule has 10 rings (SSSR count). The van der Waals surface area contributed by atoms with Gasteiger partial charge < -0.3 is 8.83 Å². The molecule has 3 heterocycles. The number of aromatic nitrogens is 3. The Kier molecular flexibility index (Phi) is 6.42. The monoisotopic (exact) mass is 641 g/mol. The Morgan fingerprint density at radius 1 is 0.300 bits per heavy atom. The largest absolute Gasteiger partial charge is 0.455 e. The number of rotatable bonds is 5. The molecule has 0 saturated heterocycles. The molecular formula is C45H27N3O2. The molecule has 0 aliphatic rings. The van der Waals surface area contributed by atoms with Gasteiger partial charge in [-0.3, -0.25) is 0 Å². The third kappa shape index (κ3) is 4.67. The Morgan fingerprint density at radius 3 is 1.54 bits per heavy atom. The molecule has 5 heteroatoms. The maximum Gasteiger partial charge on any atom is 0.167 e. The van der Waals surface area contributed by atoms with Crippen LogP contribution in [0.4, 0.5) is 0 Å². The van der Waals surface area contributed by atoms with Gasteiger partial charge in [-0.1, -0.05) is 127 Å². The van der Waals surface area contributed by atoms with Crippen LogP contribution in [0.15, 0.2) is 173 Å². The van der Waals surface area contributed by atoms with E-state index in [-0.39, 0.29) is 0 Å². The van der Waals surface area contributed by atoms with Crippen molar-refractivity contribution >= 4 is 43.9 Å². The first-order chi connectivity index (χ1) is 24.8. The molecule has 7 aromatic carbocycles. The molecule has 0 atom stereocenters. The minimum atomic E-state index is 0.562. The Balaban J connectivity index is 1.16. The van der Waals surface area contributed by atoms with Gasteiger partial charge in [-0.2, -0.15) is 0 Å². The van der Waals surface area contributed by atoms with E-state index in [0.29, 0.717) is 17.5 Å².